The molecule has 1 unspecified atom stereocenters. The Morgan fingerprint density at radius 2 is 2.05 bits per heavy atom. The molecule has 1 fully saturated rings. The van der Waals surface area contributed by atoms with E-state index in [1.165, 1.54) is 12.5 Å². The Morgan fingerprint density at radius 1 is 1.35 bits per heavy atom. The van der Waals surface area contributed by atoms with Gasteiger partial charge >= 0.3 is 0 Å². The summed E-state index contributed by atoms with van der Waals surface area (Å²) in [6.07, 6.45) is 4.56. The molecular weight excluding hydrogens is 279 g/mol. The van der Waals surface area contributed by atoms with Crippen LogP contribution in [0.4, 0.5) is 4.39 Å². The number of aliphatic hydroxyl groups is 1. The van der Waals surface area contributed by atoms with Crippen LogP contribution in [0.5, 0.6) is 0 Å². The lowest BCUT2D eigenvalue weighted by atomic mass is 9.78. The number of hydrogen-bond acceptors (Lipinski definition) is 2. The minimum absolute atomic E-state index is 0.267. The zero-order valence-corrected chi connectivity index (χ0v) is 12.6. The minimum Gasteiger partial charge on any atom is -0.390 e. The van der Waals surface area contributed by atoms with Crippen LogP contribution in [-0.2, 0) is 11.2 Å². The molecule has 1 atom stereocenters. The highest BCUT2D eigenvalue weighted by Gasteiger charge is 2.39. The van der Waals surface area contributed by atoms with Crippen LogP contribution in [0, 0.1) is 5.82 Å². The van der Waals surface area contributed by atoms with Crippen LogP contribution < -0.4 is 0 Å². The molecule has 0 aliphatic heterocycles. The van der Waals surface area contributed by atoms with Crippen molar-refractivity contribution in [3.8, 4) is 0 Å². The van der Waals surface area contributed by atoms with Crippen LogP contribution in [0.15, 0.2) is 18.2 Å². The minimum atomic E-state index is -0.682. The molecule has 1 aliphatic carbocycles. The SMILES string of the molecule is CCOC1(C(O)Cc2ccc(Cl)cc2F)CCCCC1. The van der Waals surface area contributed by atoms with Gasteiger partial charge in [0.25, 0.3) is 0 Å². The predicted octanol–water partition coefficient (Wildman–Crippen LogP) is 4.12. The van der Waals surface area contributed by atoms with Crippen molar-refractivity contribution < 1.29 is 14.2 Å². The Labute approximate surface area is 124 Å². The monoisotopic (exact) mass is 300 g/mol. The molecule has 1 saturated carbocycles. The van der Waals surface area contributed by atoms with Crippen LogP contribution in [-0.4, -0.2) is 23.4 Å². The van der Waals surface area contributed by atoms with Crippen molar-refractivity contribution in [2.45, 2.75) is 57.2 Å². The molecule has 0 aromatic heterocycles. The molecular formula is C16H22ClFO2. The van der Waals surface area contributed by atoms with Gasteiger partial charge in [0.05, 0.1) is 11.7 Å². The van der Waals surface area contributed by atoms with Gasteiger partial charge in [0.1, 0.15) is 5.82 Å². The van der Waals surface area contributed by atoms with E-state index in [4.69, 9.17) is 16.3 Å². The standard InChI is InChI=1S/C16H22ClFO2/c1-2-20-16(8-4-3-5-9-16)15(19)10-12-6-7-13(17)11-14(12)18/h6-7,11,15,19H,2-5,8-10H2,1H3. The molecule has 112 valence electrons. The van der Waals surface area contributed by atoms with E-state index in [0.29, 0.717) is 17.2 Å². The number of hydrogen-bond donors (Lipinski definition) is 1. The van der Waals surface area contributed by atoms with Gasteiger partial charge in [-0.3, -0.25) is 0 Å². The van der Waals surface area contributed by atoms with Crippen LogP contribution >= 0.6 is 11.6 Å². The summed E-state index contributed by atoms with van der Waals surface area (Å²) in [7, 11) is 0. The van der Waals surface area contributed by atoms with Crippen molar-refractivity contribution in [2.24, 2.45) is 0 Å². The van der Waals surface area contributed by atoms with Crippen molar-refractivity contribution in [3.05, 3.63) is 34.6 Å². The first-order valence-corrected chi connectivity index (χ1v) is 7.71. The predicted molar refractivity (Wildman–Crippen MR) is 78.6 cm³/mol. The highest BCUT2D eigenvalue weighted by atomic mass is 35.5. The Hall–Kier alpha value is -0.640. The van der Waals surface area contributed by atoms with Crippen molar-refractivity contribution >= 4 is 11.6 Å². The van der Waals surface area contributed by atoms with Crippen LogP contribution in [0.2, 0.25) is 5.02 Å². The van der Waals surface area contributed by atoms with E-state index in [0.717, 1.165) is 25.7 Å². The van der Waals surface area contributed by atoms with Crippen LogP contribution in [0.3, 0.4) is 0 Å². The van der Waals surface area contributed by atoms with Gasteiger partial charge in [-0.15, -0.1) is 0 Å². The molecule has 1 aromatic rings. The molecule has 0 amide bonds. The first-order valence-electron chi connectivity index (χ1n) is 7.33. The average molecular weight is 301 g/mol. The normalized spacial score (nSPS) is 19.8. The number of benzene rings is 1. The van der Waals surface area contributed by atoms with Gasteiger partial charge in [-0.05, 0) is 37.5 Å². The summed E-state index contributed by atoms with van der Waals surface area (Å²) in [5, 5.41) is 11.0. The molecule has 0 saturated heterocycles. The third kappa shape index (κ3) is 3.51. The van der Waals surface area contributed by atoms with Gasteiger partial charge < -0.3 is 9.84 Å². The van der Waals surface area contributed by atoms with Gasteiger partial charge in [0, 0.05) is 18.1 Å². The lowest BCUT2D eigenvalue weighted by Gasteiger charge is -2.41. The Morgan fingerprint density at radius 3 is 2.65 bits per heavy atom. The van der Waals surface area contributed by atoms with E-state index < -0.39 is 11.7 Å². The molecule has 1 aliphatic rings. The Balaban J connectivity index is 2.13. The highest BCUT2D eigenvalue weighted by Crippen LogP contribution is 2.36. The second-order valence-corrected chi connectivity index (χ2v) is 5.95. The maximum absolute atomic E-state index is 13.9. The van der Waals surface area contributed by atoms with E-state index >= 15 is 0 Å². The molecule has 1 aromatic carbocycles. The maximum atomic E-state index is 13.9. The summed E-state index contributed by atoms with van der Waals surface area (Å²) in [6, 6.07) is 4.59. The number of rotatable bonds is 5. The van der Waals surface area contributed by atoms with Gasteiger partial charge in [0.15, 0.2) is 0 Å². The summed E-state index contributed by atoms with van der Waals surface area (Å²) >= 11 is 5.75. The van der Waals surface area contributed by atoms with Crippen molar-refractivity contribution in [1.82, 2.24) is 0 Å². The summed E-state index contributed by atoms with van der Waals surface area (Å²) in [6.45, 7) is 2.51. The van der Waals surface area contributed by atoms with E-state index in [-0.39, 0.29) is 12.2 Å². The van der Waals surface area contributed by atoms with Crippen LogP contribution in [0.1, 0.15) is 44.6 Å². The molecule has 2 nitrogen and oxygen atoms in total. The largest absolute Gasteiger partial charge is 0.390 e. The Kier molecular flexibility index (Phi) is 5.42. The molecule has 20 heavy (non-hydrogen) atoms. The summed E-state index contributed by atoms with van der Waals surface area (Å²) < 4.78 is 19.7. The van der Waals surface area contributed by atoms with Crippen molar-refractivity contribution in [3.63, 3.8) is 0 Å². The Bertz CT molecular complexity index is 439. The summed E-state index contributed by atoms with van der Waals surface area (Å²) in [5.41, 5.74) is -0.0226. The zero-order chi connectivity index (χ0) is 14.6. The molecule has 1 N–H and O–H groups in total. The lowest BCUT2D eigenvalue weighted by Crippen LogP contribution is -2.47. The number of ether oxygens (including phenoxy) is 1. The first kappa shape index (κ1) is 15.7. The highest BCUT2D eigenvalue weighted by molar-refractivity contribution is 6.30. The third-order valence-electron chi connectivity index (χ3n) is 4.17. The molecule has 0 bridgehead atoms. The molecule has 0 spiro atoms. The fourth-order valence-electron chi connectivity index (χ4n) is 3.09. The summed E-state index contributed by atoms with van der Waals surface area (Å²) in [5.74, 6) is -0.362. The van der Waals surface area contributed by atoms with Crippen molar-refractivity contribution in [1.29, 1.82) is 0 Å². The second-order valence-electron chi connectivity index (χ2n) is 5.51. The fourth-order valence-corrected chi connectivity index (χ4v) is 3.25. The van der Waals surface area contributed by atoms with E-state index in [1.807, 2.05) is 6.92 Å². The van der Waals surface area contributed by atoms with Crippen molar-refractivity contribution in [2.75, 3.05) is 6.61 Å². The number of aliphatic hydroxyl groups excluding tert-OH is 1. The van der Waals surface area contributed by atoms with Gasteiger partial charge in [-0.25, -0.2) is 4.39 Å². The summed E-state index contributed by atoms with van der Waals surface area (Å²) in [4.78, 5) is 0. The second kappa shape index (κ2) is 6.88. The molecule has 2 rings (SSSR count). The quantitative estimate of drug-likeness (QED) is 0.886. The first-order chi connectivity index (χ1) is 9.57. The molecule has 0 heterocycles. The lowest BCUT2D eigenvalue weighted by molar-refractivity contribution is -0.138. The van der Waals surface area contributed by atoms with Gasteiger partial charge in [0.2, 0.25) is 0 Å². The van der Waals surface area contributed by atoms with E-state index in [9.17, 15) is 9.50 Å². The van der Waals surface area contributed by atoms with E-state index in [2.05, 4.69) is 0 Å². The maximum Gasteiger partial charge on any atom is 0.127 e. The van der Waals surface area contributed by atoms with E-state index in [1.54, 1.807) is 12.1 Å². The topological polar surface area (TPSA) is 29.5 Å². The van der Waals surface area contributed by atoms with Crippen LogP contribution in [0.25, 0.3) is 0 Å². The third-order valence-corrected chi connectivity index (χ3v) is 4.40. The van der Waals surface area contributed by atoms with Gasteiger partial charge in [-0.1, -0.05) is 36.9 Å². The smallest absolute Gasteiger partial charge is 0.127 e. The zero-order valence-electron chi connectivity index (χ0n) is 11.9. The fraction of sp³-hybridized carbons (Fsp3) is 0.625. The average Bonchev–Trinajstić information content (AvgIpc) is 2.43. The molecule has 4 heteroatoms. The number of halogens is 2. The molecule has 0 radical (unpaired) electrons. The van der Waals surface area contributed by atoms with Gasteiger partial charge in [-0.2, -0.15) is 0 Å².